The molecule has 90 valence electrons. The van der Waals surface area contributed by atoms with Crippen LogP contribution in [0.4, 0.5) is 0 Å². The first-order valence-corrected chi connectivity index (χ1v) is 6.30. The molecule has 0 aromatic heterocycles. The summed E-state index contributed by atoms with van der Waals surface area (Å²) in [5, 5.41) is 0. The molecular formula is C13H21NOS. The molecule has 0 unspecified atom stereocenters. The molecule has 0 spiro atoms. The van der Waals surface area contributed by atoms with E-state index in [1.807, 2.05) is 26.0 Å². The summed E-state index contributed by atoms with van der Waals surface area (Å²) >= 11 is 4.22. The zero-order valence-corrected chi connectivity index (χ0v) is 11.2. The molecule has 3 heteroatoms. The van der Waals surface area contributed by atoms with Crippen molar-refractivity contribution in [3.05, 3.63) is 29.8 Å². The lowest BCUT2D eigenvalue weighted by atomic mass is 10.2. The summed E-state index contributed by atoms with van der Waals surface area (Å²) in [7, 11) is 2.11. The summed E-state index contributed by atoms with van der Waals surface area (Å²) in [6, 6.07) is 8.30. The summed E-state index contributed by atoms with van der Waals surface area (Å²) < 4.78 is 5.60. The molecule has 16 heavy (non-hydrogen) atoms. The summed E-state index contributed by atoms with van der Waals surface area (Å²) in [5.74, 6) is 1.83. The maximum absolute atomic E-state index is 5.60. The van der Waals surface area contributed by atoms with Crippen molar-refractivity contribution in [3.63, 3.8) is 0 Å². The average Bonchev–Trinajstić information content (AvgIpc) is 2.20. The summed E-state index contributed by atoms with van der Waals surface area (Å²) in [6.45, 7) is 6.04. The van der Waals surface area contributed by atoms with Crippen LogP contribution in [-0.4, -0.2) is 30.3 Å². The number of nitrogens with zero attached hydrogens (tertiary/aromatic N) is 1. The fourth-order valence-electron chi connectivity index (χ4n) is 1.51. The normalized spacial score (nSPS) is 11.1. The molecule has 0 aliphatic carbocycles. The molecule has 0 radical (unpaired) electrons. The number of rotatable bonds is 6. The van der Waals surface area contributed by atoms with Crippen LogP contribution in [0.3, 0.4) is 0 Å². The number of hydrogen-bond acceptors (Lipinski definition) is 3. The van der Waals surface area contributed by atoms with Crippen LogP contribution in [-0.2, 0) is 6.54 Å². The Kier molecular flexibility index (Phi) is 5.71. The molecule has 1 aromatic rings. The Bertz CT molecular complexity index is 297. The minimum Gasteiger partial charge on any atom is -0.491 e. The fourth-order valence-corrected chi connectivity index (χ4v) is 1.85. The second-order valence-corrected chi connectivity index (χ2v) is 4.72. The highest BCUT2D eigenvalue weighted by Crippen LogP contribution is 2.14. The van der Waals surface area contributed by atoms with Gasteiger partial charge in [-0.15, -0.1) is 0 Å². The first kappa shape index (κ1) is 13.4. The number of hydrogen-bond donors (Lipinski definition) is 1. The molecule has 1 rings (SSSR count). The van der Waals surface area contributed by atoms with Crippen LogP contribution in [0.2, 0.25) is 0 Å². The van der Waals surface area contributed by atoms with Gasteiger partial charge in [0.2, 0.25) is 0 Å². The van der Waals surface area contributed by atoms with Gasteiger partial charge >= 0.3 is 0 Å². The van der Waals surface area contributed by atoms with Crippen LogP contribution >= 0.6 is 12.6 Å². The maximum Gasteiger partial charge on any atom is 0.119 e. The van der Waals surface area contributed by atoms with Crippen LogP contribution in [0.15, 0.2) is 24.3 Å². The van der Waals surface area contributed by atoms with E-state index < -0.39 is 0 Å². The van der Waals surface area contributed by atoms with Gasteiger partial charge in [-0.1, -0.05) is 12.1 Å². The molecule has 0 heterocycles. The molecule has 0 saturated heterocycles. The Balaban J connectivity index is 2.50. The molecule has 1 aromatic carbocycles. The number of ether oxygens (including phenoxy) is 1. The van der Waals surface area contributed by atoms with E-state index in [0.29, 0.717) is 0 Å². The third-order valence-corrected chi connectivity index (χ3v) is 2.43. The SMILES string of the molecule is CC(C)Oc1ccc(CN(C)CCS)cc1. The Morgan fingerprint density at radius 2 is 1.88 bits per heavy atom. The van der Waals surface area contributed by atoms with Crippen molar-refractivity contribution in [2.75, 3.05) is 19.3 Å². The number of thiol groups is 1. The minimum atomic E-state index is 0.234. The highest BCUT2D eigenvalue weighted by atomic mass is 32.1. The summed E-state index contributed by atoms with van der Waals surface area (Å²) in [4.78, 5) is 2.26. The Morgan fingerprint density at radius 3 is 2.38 bits per heavy atom. The molecule has 2 nitrogen and oxygen atoms in total. The standard InChI is InChI=1S/C13H21NOS/c1-11(2)15-13-6-4-12(5-7-13)10-14(3)8-9-16/h4-7,11,16H,8-10H2,1-3H3. The van der Waals surface area contributed by atoms with Crippen LogP contribution < -0.4 is 4.74 Å². The van der Waals surface area contributed by atoms with E-state index in [9.17, 15) is 0 Å². The lowest BCUT2D eigenvalue weighted by Crippen LogP contribution is -2.19. The monoisotopic (exact) mass is 239 g/mol. The van der Waals surface area contributed by atoms with Crippen molar-refractivity contribution in [1.82, 2.24) is 4.90 Å². The Hall–Kier alpha value is -0.670. The van der Waals surface area contributed by atoms with Crippen LogP contribution in [0, 0.1) is 0 Å². The summed E-state index contributed by atoms with van der Waals surface area (Å²) in [6.07, 6.45) is 0.234. The fraction of sp³-hybridized carbons (Fsp3) is 0.538. The van der Waals surface area contributed by atoms with Gasteiger partial charge in [0, 0.05) is 18.8 Å². The van der Waals surface area contributed by atoms with E-state index in [2.05, 4.69) is 36.7 Å². The predicted octanol–water partition coefficient (Wildman–Crippen LogP) is 2.84. The maximum atomic E-state index is 5.60. The van der Waals surface area contributed by atoms with E-state index in [0.717, 1.165) is 24.6 Å². The summed E-state index contributed by atoms with van der Waals surface area (Å²) in [5.41, 5.74) is 1.31. The highest BCUT2D eigenvalue weighted by Gasteiger charge is 2.01. The lowest BCUT2D eigenvalue weighted by molar-refractivity contribution is 0.242. The van der Waals surface area contributed by atoms with Crippen LogP contribution in [0.25, 0.3) is 0 Å². The van der Waals surface area contributed by atoms with Gasteiger partial charge in [0.25, 0.3) is 0 Å². The van der Waals surface area contributed by atoms with Crippen LogP contribution in [0.5, 0.6) is 5.75 Å². The van der Waals surface area contributed by atoms with E-state index in [1.165, 1.54) is 5.56 Å². The molecule has 0 fully saturated rings. The highest BCUT2D eigenvalue weighted by molar-refractivity contribution is 7.80. The van der Waals surface area contributed by atoms with Crippen molar-refractivity contribution in [1.29, 1.82) is 0 Å². The van der Waals surface area contributed by atoms with Crippen molar-refractivity contribution < 1.29 is 4.74 Å². The van der Waals surface area contributed by atoms with Gasteiger partial charge in [0.05, 0.1) is 6.10 Å². The predicted molar refractivity (Wildman–Crippen MR) is 72.4 cm³/mol. The third-order valence-electron chi connectivity index (χ3n) is 2.23. The van der Waals surface area contributed by atoms with Gasteiger partial charge < -0.3 is 9.64 Å². The molecular weight excluding hydrogens is 218 g/mol. The van der Waals surface area contributed by atoms with Gasteiger partial charge in [0.15, 0.2) is 0 Å². The van der Waals surface area contributed by atoms with E-state index >= 15 is 0 Å². The first-order chi connectivity index (χ1) is 7.61. The van der Waals surface area contributed by atoms with Crippen LogP contribution in [0.1, 0.15) is 19.4 Å². The molecule has 0 aliphatic rings. The zero-order chi connectivity index (χ0) is 12.0. The molecule has 0 aliphatic heterocycles. The van der Waals surface area contributed by atoms with Crippen molar-refractivity contribution in [2.45, 2.75) is 26.5 Å². The van der Waals surface area contributed by atoms with Gasteiger partial charge in [-0.25, -0.2) is 0 Å². The van der Waals surface area contributed by atoms with Gasteiger partial charge in [0.1, 0.15) is 5.75 Å². The van der Waals surface area contributed by atoms with E-state index in [-0.39, 0.29) is 6.10 Å². The van der Waals surface area contributed by atoms with Gasteiger partial charge in [-0.2, -0.15) is 12.6 Å². The minimum absolute atomic E-state index is 0.234. The van der Waals surface area contributed by atoms with Crippen molar-refractivity contribution in [2.24, 2.45) is 0 Å². The average molecular weight is 239 g/mol. The topological polar surface area (TPSA) is 12.5 Å². The Morgan fingerprint density at radius 1 is 1.25 bits per heavy atom. The van der Waals surface area contributed by atoms with Gasteiger partial charge in [-0.05, 0) is 38.6 Å². The molecule has 0 N–H and O–H groups in total. The zero-order valence-electron chi connectivity index (χ0n) is 10.3. The second kappa shape index (κ2) is 6.81. The smallest absolute Gasteiger partial charge is 0.119 e. The second-order valence-electron chi connectivity index (χ2n) is 4.27. The molecule has 0 bridgehead atoms. The molecule has 0 atom stereocenters. The van der Waals surface area contributed by atoms with Gasteiger partial charge in [-0.3, -0.25) is 0 Å². The largest absolute Gasteiger partial charge is 0.491 e. The van der Waals surface area contributed by atoms with E-state index in [1.54, 1.807) is 0 Å². The number of benzene rings is 1. The van der Waals surface area contributed by atoms with Crippen molar-refractivity contribution >= 4 is 12.6 Å². The third kappa shape index (κ3) is 4.90. The first-order valence-electron chi connectivity index (χ1n) is 5.67. The molecule has 0 amide bonds. The molecule has 0 saturated carbocycles. The Labute approximate surface area is 104 Å². The lowest BCUT2D eigenvalue weighted by Gasteiger charge is -2.16. The quantitative estimate of drug-likeness (QED) is 0.766. The van der Waals surface area contributed by atoms with Crippen molar-refractivity contribution in [3.8, 4) is 5.75 Å². The van der Waals surface area contributed by atoms with E-state index in [4.69, 9.17) is 4.74 Å².